The van der Waals surface area contributed by atoms with Crippen molar-refractivity contribution < 1.29 is 14.3 Å². The molecule has 1 aliphatic rings. The molecule has 1 aliphatic heterocycles. The predicted octanol–water partition coefficient (Wildman–Crippen LogP) is 2.55. The van der Waals surface area contributed by atoms with E-state index in [2.05, 4.69) is 5.32 Å². The zero-order chi connectivity index (χ0) is 15.6. The van der Waals surface area contributed by atoms with Crippen molar-refractivity contribution in [1.29, 1.82) is 0 Å². The van der Waals surface area contributed by atoms with E-state index >= 15 is 0 Å². The summed E-state index contributed by atoms with van der Waals surface area (Å²) in [5, 5.41) is 2.84. The highest BCUT2D eigenvalue weighted by molar-refractivity contribution is 7.98. The van der Waals surface area contributed by atoms with E-state index in [1.165, 1.54) is 12.0 Å². The maximum absolute atomic E-state index is 12.1. The minimum Gasteiger partial charge on any atom is -0.466 e. The predicted molar refractivity (Wildman–Crippen MR) is 82.0 cm³/mol. The Bertz CT molecular complexity index is 595. The van der Waals surface area contributed by atoms with Gasteiger partial charge in [-0.25, -0.2) is 9.59 Å². The average molecular weight is 306 g/mol. The molecule has 1 heterocycles. The second-order valence-corrected chi connectivity index (χ2v) is 5.58. The number of nitrogens with zero attached hydrogens (tertiary/aromatic N) is 1. The monoisotopic (exact) mass is 306 g/mol. The Labute approximate surface area is 128 Å². The number of ether oxygens (including phenoxy) is 1. The molecule has 0 saturated heterocycles. The van der Waals surface area contributed by atoms with Crippen molar-refractivity contribution in [3.05, 3.63) is 41.1 Å². The SMILES string of the molecule is COC(=O)C1=C(C)N(C)C(=O)NC1c1ccc(SC)cc1. The van der Waals surface area contributed by atoms with Gasteiger partial charge in [-0.05, 0) is 30.9 Å². The number of hydrogen-bond donors (Lipinski definition) is 1. The minimum atomic E-state index is -0.489. The van der Waals surface area contributed by atoms with Crippen LogP contribution in [-0.2, 0) is 9.53 Å². The number of thioether (sulfide) groups is 1. The summed E-state index contributed by atoms with van der Waals surface area (Å²) < 4.78 is 4.86. The van der Waals surface area contributed by atoms with Crippen molar-refractivity contribution in [2.45, 2.75) is 17.9 Å². The minimum absolute atomic E-state index is 0.237. The molecule has 0 spiro atoms. The Hall–Kier alpha value is -1.95. The summed E-state index contributed by atoms with van der Waals surface area (Å²) >= 11 is 1.64. The number of amides is 2. The number of carbonyl (C=O) groups excluding carboxylic acids is 2. The number of benzene rings is 1. The van der Waals surface area contributed by atoms with E-state index in [0.29, 0.717) is 11.3 Å². The van der Waals surface area contributed by atoms with Crippen molar-refractivity contribution in [1.82, 2.24) is 10.2 Å². The standard InChI is InChI=1S/C15H18N2O3S/c1-9-12(14(18)20-3)13(16-15(19)17(9)2)10-5-7-11(21-4)8-6-10/h5-8,13H,1-4H3,(H,16,19). The molecule has 1 N–H and O–H groups in total. The Morgan fingerprint density at radius 2 is 1.95 bits per heavy atom. The summed E-state index contributed by atoms with van der Waals surface area (Å²) in [5.74, 6) is -0.432. The topological polar surface area (TPSA) is 58.6 Å². The molecule has 6 heteroatoms. The number of allylic oxidation sites excluding steroid dienone is 1. The Morgan fingerprint density at radius 3 is 2.48 bits per heavy atom. The van der Waals surface area contributed by atoms with E-state index in [-0.39, 0.29) is 6.03 Å². The van der Waals surface area contributed by atoms with Crippen LogP contribution in [0.2, 0.25) is 0 Å². The molecule has 1 aromatic rings. The number of hydrogen-bond acceptors (Lipinski definition) is 4. The van der Waals surface area contributed by atoms with E-state index < -0.39 is 12.0 Å². The molecule has 2 amide bonds. The van der Waals surface area contributed by atoms with Gasteiger partial charge >= 0.3 is 12.0 Å². The Kier molecular flexibility index (Phi) is 4.57. The zero-order valence-corrected chi connectivity index (χ0v) is 13.3. The van der Waals surface area contributed by atoms with Gasteiger partial charge in [-0.15, -0.1) is 11.8 Å². The Morgan fingerprint density at radius 1 is 1.33 bits per heavy atom. The van der Waals surface area contributed by atoms with Crippen molar-refractivity contribution >= 4 is 23.8 Å². The summed E-state index contributed by atoms with van der Waals surface area (Å²) in [6.45, 7) is 1.74. The quantitative estimate of drug-likeness (QED) is 0.689. The van der Waals surface area contributed by atoms with Crippen LogP contribution >= 0.6 is 11.8 Å². The van der Waals surface area contributed by atoms with Crippen LogP contribution in [0.4, 0.5) is 4.79 Å². The lowest BCUT2D eigenvalue weighted by Gasteiger charge is -2.33. The molecule has 2 rings (SSSR count). The Balaban J connectivity index is 2.48. The van der Waals surface area contributed by atoms with E-state index in [4.69, 9.17) is 4.74 Å². The summed E-state index contributed by atoms with van der Waals surface area (Å²) in [6, 6.07) is 7.04. The molecule has 1 atom stereocenters. The molecular weight excluding hydrogens is 288 g/mol. The fourth-order valence-corrected chi connectivity index (χ4v) is 2.66. The first-order chi connectivity index (χ1) is 9.99. The van der Waals surface area contributed by atoms with Gasteiger partial charge in [-0.3, -0.25) is 0 Å². The largest absolute Gasteiger partial charge is 0.466 e. The highest BCUT2D eigenvalue weighted by Gasteiger charge is 2.34. The van der Waals surface area contributed by atoms with Gasteiger partial charge in [0.15, 0.2) is 0 Å². The number of esters is 1. The molecule has 5 nitrogen and oxygen atoms in total. The van der Waals surface area contributed by atoms with E-state index in [9.17, 15) is 9.59 Å². The van der Waals surface area contributed by atoms with Gasteiger partial charge in [0.05, 0.1) is 18.7 Å². The number of methoxy groups -OCH3 is 1. The molecule has 1 unspecified atom stereocenters. The smallest absolute Gasteiger partial charge is 0.337 e. The molecule has 21 heavy (non-hydrogen) atoms. The average Bonchev–Trinajstić information content (AvgIpc) is 2.51. The van der Waals surface area contributed by atoms with Crippen molar-refractivity contribution in [2.24, 2.45) is 0 Å². The summed E-state index contributed by atoms with van der Waals surface area (Å²) in [4.78, 5) is 26.6. The van der Waals surface area contributed by atoms with E-state index in [1.54, 1.807) is 25.7 Å². The maximum atomic E-state index is 12.1. The van der Waals surface area contributed by atoms with Crippen LogP contribution in [0.15, 0.2) is 40.4 Å². The lowest BCUT2D eigenvalue weighted by atomic mass is 9.95. The lowest BCUT2D eigenvalue weighted by Crippen LogP contribution is -2.46. The summed E-state index contributed by atoms with van der Waals surface area (Å²) in [6.07, 6.45) is 2.00. The zero-order valence-electron chi connectivity index (χ0n) is 12.5. The number of carbonyl (C=O) groups is 2. The third-order valence-electron chi connectivity index (χ3n) is 3.61. The van der Waals surface area contributed by atoms with Crippen LogP contribution in [-0.4, -0.2) is 37.3 Å². The van der Waals surface area contributed by atoms with E-state index in [1.807, 2.05) is 30.5 Å². The van der Waals surface area contributed by atoms with Gasteiger partial charge in [-0.1, -0.05) is 12.1 Å². The third-order valence-corrected chi connectivity index (χ3v) is 4.35. The van der Waals surface area contributed by atoms with Gasteiger partial charge in [0.2, 0.25) is 0 Å². The van der Waals surface area contributed by atoms with Crippen LogP contribution in [0.1, 0.15) is 18.5 Å². The van der Waals surface area contributed by atoms with Gasteiger partial charge < -0.3 is 15.0 Å². The lowest BCUT2D eigenvalue weighted by molar-refractivity contribution is -0.136. The molecule has 0 fully saturated rings. The second kappa shape index (κ2) is 6.22. The highest BCUT2D eigenvalue weighted by Crippen LogP contribution is 2.31. The molecule has 1 aromatic carbocycles. The fraction of sp³-hybridized carbons (Fsp3) is 0.333. The molecule has 0 bridgehead atoms. The van der Waals surface area contributed by atoms with Gasteiger partial charge in [0.25, 0.3) is 0 Å². The highest BCUT2D eigenvalue weighted by atomic mass is 32.2. The van der Waals surface area contributed by atoms with Gasteiger partial charge in [0.1, 0.15) is 0 Å². The first-order valence-electron chi connectivity index (χ1n) is 6.46. The van der Waals surface area contributed by atoms with Crippen LogP contribution in [0.3, 0.4) is 0 Å². The molecule has 112 valence electrons. The molecule has 0 aliphatic carbocycles. The van der Waals surface area contributed by atoms with Crippen molar-refractivity contribution in [3.63, 3.8) is 0 Å². The third kappa shape index (κ3) is 2.90. The number of urea groups is 1. The van der Waals surface area contributed by atoms with Gasteiger partial charge in [-0.2, -0.15) is 0 Å². The second-order valence-electron chi connectivity index (χ2n) is 4.71. The molecule has 0 aromatic heterocycles. The molecule has 0 saturated carbocycles. The summed E-state index contributed by atoms with van der Waals surface area (Å²) in [7, 11) is 2.97. The number of rotatable bonds is 3. The van der Waals surface area contributed by atoms with Crippen molar-refractivity contribution in [3.8, 4) is 0 Å². The van der Waals surface area contributed by atoms with Gasteiger partial charge in [0, 0.05) is 17.6 Å². The van der Waals surface area contributed by atoms with Crippen LogP contribution < -0.4 is 5.32 Å². The van der Waals surface area contributed by atoms with Crippen LogP contribution in [0.5, 0.6) is 0 Å². The first-order valence-corrected chi connectivity index (χ1v) is 7.69. The number of nitrogens with one attached hydrogen (secondary N) is 1. The first kappa shape index (κ1) is 15.4. The molecule has 0 radical (unpaired) electrons. The van der Waals surface area contributed by atoms with E-state index in [0.717, 1.165) is 10.5 Å². The maximum Gasteiger partial charge on any atom is 0.337 e. The summed E-state index contributed by atoms with van der Waals surface area (Å²) in [5.41, 5.74) is 1.91. The van der Waals surface area contributed by atoms with Crippen molar-refractivity contribution in [2.75, 3.05) is 20.4 Å². The fourth-order valence-electron chi connectivity index (χ4n) is 2.26. The van der Waals surface area contributed by atoms with Crippen LogP contribution in [0.25, 0.3) is 0 Å². The van der Waals surface area contributed by atoms with Crippen LogP contribution in [0, 0.1) is 0 Å². The normalized spacial score (nSPS) is 18.6. The molecular formula is C15H18N2O3S.